The van der Waals surface area contributed by atoms with Gasteiger partial charge in [0.15, 0.2) is 0 Å². The Morgan fingerprint density at radius 3 is 2.91 bits per heavy atom. The number of rotatable bonds is 3. The summed E-state index contributed by atoms with van der Waals surface area (Å²) in [6.45, 7) is 7.27. The van der Waals surface area contributed by atoms with Gasteiger partial charge in [-0.15, -0.1) is 0 Å². The Morgan fingerprint density at radius 2 is 2.14 bits per heavy atom. The minimum Gasteiger partial charge on any atom is -0.373 e. The van der Waals surface area contributed by atoms with Gasteiger partial charge in [-0.1, -0.05) is 54.4 Å². The molecule has 1 aromatic carbocycles. The van der Waals surface area contributed by atoms with Crippen LogP contribution in [-0.2, 0) is 11.3 Å². The minimum absolute atomic E-state index is 0.251. The molecule has 1 fully saturated rings. The summed E-state index contributed by atoms with van der Waals surface area (Å²) in [5.41, 5.74) is 3.90. The summed E-state index contributed by atoms with van der Waals surface area (Å²) in [6, 6.07) is 6.57. The lowest BCUT2D eigenvalue weighted by Crippen LogP contribution is -2.38. The molecule has 1 aliphatic carbocycles. The summed E-state index contributed by atoms with van der Waals surface area (Å²) in [7, 11) is 0. The Morgan fingerprint density at radius 1 is 1.32 bits per heavy atom. The van der Waals surface area contributed by atoms with Crippen molar-refractivity contribution in [2.45, 2.75) is 50.4 Å². The molecule has 1 saturated heterocycles. The molecular weight excluding hydrogens is 312 g/mol. The quantitative estimate of drug-likeness (QED) is 0.732. The van der Waals surface area contributed by atoms with Crippen LogP contribution in [0.15, 0.2) is 41.5 Å². The molecule has 1 nitrogen and oxygen atoms in total. The molecule has 0 unspecified atom stereocenters. The molecule has 4 atom stereocenters. The van der Waals surface area contributed by atoms with Gasteiger partial charge in [0.05, 0.1) is 12.7 Å². The number of allylic oxidation sites excluding steroid dienone is 2. The molecule has 0 aromatic heterocycles. The van der Waals surface area contributed by atoms with E-state index in [9.17, 15) is 0 Å². The Kier molecular flexibility index (Phi) is 5.01. The smallest absolute Gasteiger partial charge is 0.0723 e. The fourth-order valence-corrected chi connectivity index (χ4v) is 4.96. The molecule has 0 saturated carbocycles. The van der Waals surface area contributed by atoms with Crippen molar-refractivity contribution in [1.82, 2.24) is 0 Å². The number of hydrogen-bond acceptors (Lipinski definition) is 2. The summed E-state index contributed by atoms with van der Waals surface area (Å²) in [5.74, 6) is 0.393. The van der Waals surface area contributed by atoms with Crippen LogP contribution >= 0.6 is 23.4 Å². The van der Waals surface area contributed by atoms with E-state index in [0.717, 1.165) is 11.5 Å². The highest BCUT2D eigenvalue weighted by Gasteiger charge is 2.36. The molecule has 1 aromatic rings. The van der Waals surface area contributed by atoms with E-state index in [1.54, 1.807) is 0 Å². The maximum absolute atomic E-state index is 6.33. The van der Waals surface area contributed by atoms with Gasteiger partial charge in [-0.25, -0.2) is 0 Å². The molecule has 1 heterocycles. The molecule has 3 heteroatoms. The second kappa shape index (κ2) is 6.82. The molecule has 118 valence electrons. The zero-order valence-electron chi connectivity index (χ0n) is 13.4. The highest BCUT2D eigenvalue weighted by Crippen LogP contribution is 2.42. The van der Waals surface area contributed by atoms with Gasteiger partial charge >= 0.3 is 0 Å². The largest absolute Gasteiger partial charge is 0.373 e. The first kappa shape index (κ1) is 16.2. The SMILES string of the molecule is Cc1ccc(CO[C@@H]2C[C@@H](C)S[C@H]3C=CC(Cl)=C[C@@H]32)c(C)c1. The van der Waals surface area contributed by atoms with Gasteiger partial charge in [0.2, 0.25) is 0 Å². The Bertz CT molecular complexity index is 607. The lowest BCUT2D eigenvalue weighted by Gasteiger charge is -2.39. The van der Waals surface area contributed by atoms with Crippen LogP contribution in [0.4, 0.5) is 0 Å². The highest BCUT2D eigenvalue weighted by molar-refractivity contribution is 8.00. The molecule has 0 spiro atoms. The van der Waals surface area contributed by atoms with Crippen molar-refractivity contribution < 1.29 is 4.74 Å². The summed E-state index contributed by atoms with van der Waals surface area (Å²) in [6.07, 6.45) is 7.78. The summed E-state index contributed by atoms with van der Waals surface area (Å²) in [5, 5.41) is 1.96. The number of ether oxygens (including phenoxy) is 1. The summed E-state index contributed by atoms with van der Waals surface area (Å²) < 4.78 is 6.33. The van der Waals surface area contributed by atoms with Gasteiger partial charge in [-0.3, -0.25) is 0 Å². The van der Waals surface area contributed by atoms with Crippen molar-refractivity contribution in [1.29, 1.82) is 0 Å². The second-order valence-corrected chi connectivity index (χ2v) is 8.47. The van der Waals surface area contributed by atoms with Crippen LogP contribution in [-0.4, -0.2) is 16.6 Å². The van der Waals surface area contributed by atoms with Crippen LogP contribution in [0, 0.1) is 19.8 Å². The van der Waals surface area contributed by atoms with Gasteiger partial charge in [0, 0.05) is 21.5 Å². The van der Waals surface area contributed by atoms with Crippen LogP contribution in [0.3, 0.4) is 0 Å². The first-order chi connectivity index (χ1) is 10.5. The lowest BCUT2D eigenvalue weighted by atomic mass is 9.90. The molecule has 0 radical (unpaired) electrons. The number of hydrogen-bond donors (Lipinski definition) is 0. The average Bonchev–Trinajstić information content (AvgIpc) is 2.46. The normalized spacial score (nSPS) is 30.8. The third kappa shape index (κ3) is 3.61. The van der Waals surface area contributed by atoms with Gasteiger partial charge in [0.25, 0.3) is 0 Å². The second-order valence-electron chi connectivity index (χ2n) is 6.41. The average molecular weight is 335 g/mol. The van der Waals surface area contributed by atoms with Crippen LogP contribution in [0.1, 0.15) is 30.0 Å². The Hall–Kier alpha value is -0.700. The molecular formula is C19H23ClOS. The maximum atomic E-state index is 6.33. The van der Waals surface area contributed by atoms with E-state index in [1.165, 1.54) is 16.7 Å². The zero-order valence-corrected chi connectivity index (χ0v) is 15.0. The number of aryl methyl sites for hydroxylation is 2. The van der Waals surface area contributed by atoms with Crippen LogP contribution in [0.5, 0.6) is 0 Å². The highest BCUT2D eigenvalue weighted by atomic mass is 35.5. The van der Waals surface area contributed by atoms with Crippen molar-refractivity contribution in [3.05, 3.63) is 58.1 Å². The lowest BCUT2D eigenvalue weighted by molar-refractivity contribution is 0.00694. The van der Waals surface area contributed by atoms with Gasteiger partial charge in [-0.2, -0.15) is 11.8 Å². The number of fused-ring (bicyclic) bond motifs is 1. The van der Waals surface area contributed by atoms with Crippen LogP contribution in [0.2, 0.25) is 0 Å². The van der Waals surface area contributed by atoms with Crippen molar-refractivity contribution in [3.8, 4) is 0 Å². The summed E-state index contributed by atoms with van der Waals surface area (Å²) in [4.78, 5) is 0. The molecule has 2 aliphatic rings. The van der Waals surface area contributed by atoms with Crippen molar-refractivity contribution in [2.75, 3.05) is 0 Å². The fourth-order valence-electron chi connectivity index (χ4n) is 3.30. The molecule has 22 heavy (non-hydrogen) atoms. The molecule has 3 rings (SSSR count). The fraction of sp³-hybridized carbons (Fsp3) is 0.474. The van der Waals surface area contributed by atoms with Crippen LogP contribution < -0.4 is 0 Å². The van der Waals surface area contributed by atoms with Gasteiger partial charge in [0.1, 0.15) is 0 Å². The van der Waals surface area contributed by atoms with Gasteiger partial charge in [-0.05, 0) is 37.5 Å². The van der Waals surface area contributed by atoms with E-state index >= 15 is 0 Å². The molecule has 0 N–H and O–H groups in total. The van der Waals surface area contributed by atoms with E-state index < -0.39 is 0 Å². The topological polar surface area (TPSA) is 9.23 Å². The standard InChI is InChI=1S/C19H23ClOS/c1-12-4-5-15(13(2)8-12)11-21-18-9-14(3)22-19-7-6-16(20)10-17(18)19/h4-8,10,14,17-19H,9,11H2,1-3H3/t14-,17-,18-,19+/m1/s1. The van der Waals surface area contributed by atoms with E-state index in [4.69, 9.17) is 16.3 Å². The molecule has 1 aliphatic heterocycles. The molecule has 0 amide bonds. The molecule has 0 bridgehead atoms. The van der Waals surface area contributed by atoms with Crippen molar-refractivity contribution in [3.63, 3.8) is 0 Å². The number of thioether (sulfide) groups is 1. The van der Waals surface area contributed by atoms with Crippen molar-refractivity contribution in [2.24, 2.45) is 5.92 Å². The Labute approximate surface area is 142 Å². The predicted octanol–water partition coefficient (Wildman–Crippen LogP) is 5.39. The maximum Gasteiger partial charge on any atom is 0.0723 e. The monoisotopic (exact) mass is 334 g/mol. The Balaban J connectivity index is 1.71. The predicted molar refractivity (Wildman–Crippen MR) is 96.5 cm³/mol. The first-order valence-electron chi connectivity index (χ1n) is 7.91. The zero-order chi connectivity index (χ0) is 15.7. The third-order valence-electron chi connectivity index (χ3n) is 4.51. The number of benzene rings is 1. The minimum atomic E-state index is 0.251. The van der Waals surface area contributed by atoms with Gasteiger partial charge < -0.3 is 4.74 Å². The summed E-state index contributed by atoms with van der Waals surface area (Å²) >= 11 is 8.24. The number of halogens is 1. The van der Waals surface area contributed by atoms with E-state index in [2.05, 4.69) is 51.1 Å². The first-order valence-corrected chi connectivity index (χ1v) is 9.23. The third-order valence-corrected chi connectivity index (χ3v) is 6.20. The van der Waals surface area contributed by atoms with Crippen LogP contribution in [0.25, 0.3) is 0 Å². The van der Waals surface area contributed by atoms with E-state index in [0.29, 0.717) is 23.0 Å². The van der Waals surface area contributed by atoms with E-state index in [1.807, 2.05) is 17.8 Å². The van der Waals surface area contributed by atoms with E-state index in [-0.39, 0.29) is 6.10 Å². The van der Waals surface area contributed by atoms with Crippen molar-refractivity contribution >= 4 is 23.4 Å².